The van der Waals surface area contributed by atoms with Crippen LogP contribution in [0.3, 0.4) is 0 Å². The molecule has 2 aliphatic rings. The Kier molecular flexibility index (Phi) is 6.78. The van der Waals surface area contributed by atoms with Gasteiger partial charge >= 0.3 is 12.1 Å². The minimum Gasteiger partial charge on any atom is -0.481 e. The Morgan fingerprint density at radius 2 is 1.66 bits per heavy atom. The minimum atomic E-state index is -3.53. The number of hydrogen-bond donors (Lipinski definition) is 2. The zero-order valence-electron chi connectivity index (χ0n) is 19.5. The summed E-state index contributed by atoms with van der Waals surface area (Å²) in [5.74, 6) is -8.10. The van der Waals surface area contributed by atoms with E-state index in [4.69, 9.17) is 9.84 Å². The van der Waals surface area contributed by atoms with Gasteiger partial charge in [0.05, 0.1) is 6.54 Å². The summed E-state index contributed by atoms with van der Waals surface area (Å²) in [5, 5.41) is 11.6. The summed E-state index contributed by atoms with van der Waals surface area (Å²) >= 11 is 0. The average molecular weight is 487 g/mol. The first-order valence-electron chi connectivity index (χ1n) is 11.6. The van der Waals surface area contributed by atoms with Gasteiger partial charge in [-0.3, -0.25) is 9.59 Å². The molecule has 0 bridgehead atoms. The number of likely N-dealkylation sites (tertiary alicyclic amines) is 1. The van der Waals surface area contributed by atoms with Gasteiger partial charge in [0.1, 0.15) is 18.6 Å². The first-order valence-corrected chi connectivity index (χ1v) is 11.6. The number of nitrogens with zero attached hydrogens (tertiary/aromatic N) is 1. The van der Waals surface area contributed by atoms with Gasteiger partial charge in [-0.1, -0.05) is 62.4 Å². The second kappa shape index (κ2) is 9.64. The van der Waals surface area contributed by atoms with E-state index in [0.717, 1.165) is 27.2 Å². The lowest BCUT2D eigenvalue weighted by atomic mass is 9.98. The van der Waals surface area contributed by atoms with Gasteiger partial charge < -0.3 is 20.1 Å². The van der Waals surface area contributed by atoms with Crippen LogP contribution < -0.4 is 5.32 Å². The molecule has 2 unspecified atom stereocenters. The quantitative estimate of drug-likeness (QED) is 0.614. The van der Waals surface area contributed by atoms with Crippen LogP contribution in [0.5, 0.6) is 0 Å². The number of alkyl carbamates (subject to hydrolysis) is 1. The number of carbonyl (C=O) groups is 3. The Bertz CT molecular complexity index is 1090. The summed E-state index contributed by atoms with van der Waals surface area (Å²) in [7, 11) is 0. The summed E-state index contributed by atoms with van der Waals surface area (Å²) in [4.78, 5) is 37.7. The van der Waals surface area contributed by atoms with Crippen molar-refractivity contribution in [2.75, 3.05) is 19.7 Å². The molecular formula is C26H28F2N2O5. The molecule has 7 nitrogen and oxygen atoms in total. The fraction of sp³-hybridized carbons (Fsp3) is 0.423. The largest absolute Gasteiger partial charge is 0.481 e. The van der Waals surface area contributed by atoms with Crippen LogP contribution in [0.2, 0.25) is 0 Å². The first-order chi connectivity index (χ1) is 16.6. The normalized spacial score (nSPS) is 19.2. The van der Waals surface area contributed by atoms with Crippen LogP contribution in [0.1, 0.15) is 37.3 Å². The number of alkyl halides is 2. The number of benzene rings is 2. The number of carboxylic acids is 1. The molecule has 35 heavy (non-hydrogen) atoms. The topological polar surface area (TPSA) is 95.9 Å². The van der Waals surface area contributed by atoms with Crippen LogP contribution in [0.15, 0.2) is 48.5 Å². The van der Waals surface area contributed by atoms with Gasteiger partial charge in [-0.25, -0.2) is 13.6 Å². The van der Waals surface area contributed by atoms with Crippen molar-refractivity contribution in [2.45, 2.75) is 38.2 Å². The van der Waals surface area contributed by atoms with Gasteiger partial charge in [0.15, 0.2) is 0 Å². The second-order valence-electron chi connectivity index (χ2n) is 9.52. The molecule has 186 valence electrons. The molecule has 0 radical (unpaired) electrons. The fourth-order valence-corrected chi connectivity index (χ4v) is 4.91. The van der Waals surface area contributed by atoms with E-state index < -0.39 is 48.9 Å². The van der Waals surface area contributed by atoms with Gasteiger partial charge in [0, 0.05) is 12.5 Å². The van der Waals surface area contributed by atoms with Gasteiger partial charge in [0.25, 0.3) is 5.92 Å². The number of fused-ring (bicyclic) bond motifs is 3. The highest BCUT2D eigenvalue weighted by Gasteiger charge is 2.54. The number of halogens is 2. The third-order valence-electron chi connectivity index (χ3n) is 6.57. The number of carboxylic acid groups (broad SMARTS) is 1. The first kappa shape index (κ1) is 24.6. The molecule has 1 saturated heterocycles. The van der Waals surface area contributed by atoms with Crippen molar-refractivity contribution in [3.63, 3.8) is 0 Å². The van der Waals surface area contributed by atoms with E-state index >= 15 is 0 Å². The predicted molar refractivity (Wildman–Crippen MR) is 124 cm³/mol. The number of ether oxygens (including phenoxy) is 1. The van der Waals surface area contributed by atoms with Crippen LogP contribution >= 0.6 is 0 Å². The SMILES string of the molecule is CC(C)CC(NC(=O)OCC1c2ccccc2-c2ccccc21)C(=O)N1CC(C(=O)O)C(F)(F)C1. The van der Waals surface area contributed by atoms with Gasteiger partial charge in [-0.05, 0) is 34.6 Å². The van der Waals surface area contributed by atoms with E-state index in [1.54, 1.807) is 0 Å². The van der Waals surface area contributed by atoms with E-state index in [-0.39, 0.29) is 24.9 Å². The zero-order valence-corrected chi connectivity index (χ0v) is 19.5. The molecule has 1 aliphatic heterocycles. The molecular weight excluding hydrogens is 458 g/mol. The Hall–Kier alpha value is -3.49. The maximum Gasteiger partial charge on any atom is 0.407 e. The van der Waals surface area contributed by atoms with Crippen molar-refractivity contribution >= 4 is 18.0 Å². The van der Waals surface area contributed by atoms with Crippen molar-refractivity contribution in [2.24, 2.45) is 11.8 Å². The summed E-state index contributed by atoms with van der Waals surface area (Å²) in [6.45, 7) is 2.11. The maximum absolute atomic E-state index is 14.1. The molecule has 2 atom stereocenters. The standard InChI is InChI=1S/C26H28F2N2O5/c1-15(2)11-22(23(31)30-12-21(24(32)33)26(27,28)14-30)29-25(34)35-13-20-18-9-5-3-7-16(18)17-8-4-6-10-19(17)20/h3-10,15,20-22H,11-14H2,1-2H3,(H,29,34)(H,32,33). The van der Waals surface area contributed by atoms with E-state index in [1.165, 1.54) is 0 Å². The monoisotopic (exact) mass is 486 g/mol. The molecule has 2 amide bonds. The number of nitrogens with one attached hydrogen (secondary N) is 1. The predicted octanol–water partition coefficient (Wildman–Crippen LogP) is 4.12. The Labute approximate surface area is 202 Å². The highest BCUT2D eigenvalue weighted by Crippen LogP contribution is 2.44. The number of hydrogen-bond acceptors (Lipinski definition) is 4. The highest BCUT2D eigenvalue weighted by molar-refractivity contribution is 5.87. The van der Waals surface area contributed by atoms with Crippen molar-refractivity contribution in [3.05, 3.63) is 59.7 Å². The number of rotatable bonds is 7. The molecule has 2 N–H and O–H groups in total. The van der Waals surface area contributed by atoms with E-state index in [2.05, 4.69) is 5.32 Å². The molecule has 0 aromatic heterocycles. The van der Waals surface area contributed by atoms with Gasteiger partial charge in [-0.15, -0.1) is 0 Å². The van der Waals surface area contributed by atoms with Crippen molar-refractivity contribution in [3.8, 4) is 11.1 Å². The van der Waals surface area contributed by atoms with Gasteiger partial charge in [-0.2, -0.15) is 0 Å². The lowest BCUT2D eigenvalue weighted by Crippen LogP contribution is -2.49. The summed E-state index contributed by atoms with van der Waals surface area (Å²) in [5.41, 5.74) is 4.23. The Morgan fingerprint density at radius 1 is 1.09 bits per heavy atom. The molecule has 2 aromatic carbocycles. The summed E-state index contributed by atoms with van der Waals surface area (Å²) < 4.78 is 33.7. The second-order valence-corrected chi connectivity index (χ2v) is 9.52. The maximum atomic E-state index is 14.1. The smallest absolute Gasteiger partial charge is 0.407 e. The van der Waals surface area contributed by atoms with E-state index in [0.29, 0.717) is 0 Å². The van der Waals surface area contributed by atoms with Crippen molar-refractivity contribution in [1.29, 1.82) is 0 Å². The molecule has 0 saturated carbocycles. The third-order valence-corrected chi connectivity index (χ3v) is 6.57. The lowest BCUT2D eigenvalue weighted by molar-refractivity contribution is -0.151. The van der Waals surface area contributed by atoms with E-state index in [1.807, 2.05) is 62.4 Å². The van der Waals surface area contributed by atoms with Crippen LogP contribution in [0, 0.1) is 11.8 Å². The molecule has 1 heterocycles. The lowest BCUT2D eigenvalue weighted by Gasteiger charge is -2.25. The Balaban J connectivity index is 1.44. The van der Waals surface area contributed by atoms with Crippen LogP contribution in [0.25, 0.3) is 11.1 Å². The summed E-state index contributed by atoms with van der Waals surface area (Å²) in [6.07, 6.45) is -0.630. The molecule has 1 fully saturated rings. The molecule has 9 heteroatoms. The van der Waals surface area contributed by atoms with Crippen LogP contribution in [-0.2, 0) is 14.3 Å². The number of carbonyl (C=O) groups excluding carboxylic acids is 2. The van der Waals surface area contributed by atoms with E-state index in [9.17, 15) is 23.2 Å². The number of amides is 2. The molecule has 2 aromatic rings. The van der Waals surface area contributed by atoms with Crippen molar-refractivity contribution in [1.82, 2.24) is 10.2 Å². The number of aliphatic carboxylic acids is 1. The average Bonchev–Trinajstić information content (AvgIpc) is 3.30. The molecule has 0 spiro atoms. The van der Waals surface area contributed by atoms with Gasteiger partial charge in [0.2, 0.25) is 5.91 Å². The highest BCUT2D eigenvalue weighted by atomic mass is 19.3. The van der Waals surface area contributed by atoms with Crippen LogP contribution in [-0.4, -0.2) is 59.6 Å². The third kappa shape index (κ3) is 4.99. The fourth-order valence-electron chi connectivity index (χ4n) is 4.91. The van der Waals surface area contributed by atoms with Crippen LogP contribution in [0.4, 0.5) is 13.6 Å². The molecule has 4 rings (SSSR count). The molecule has 1 aliphatic carbocycles. The Morgan fingerprint density at radius 3 is 2.17 bits per heavy atom. The minimum absolute atomic E-state index is 0.0313. The van der Waals surface area contributed by atoms with Crippen molar-refractivity contribution < 1.29 is 33.0 Å². The zero-order chi connectivity index (χ0) is 25.3. The summed E-state index contributed by atoms with van der Waals surface area (Å²) in [6, 6.07) is 14.6.